The number of carbonyl (C=O) groups is 1. The van der Waals surface area contributed by atoms with Crippen LogP contribution in [0.3, 0.4) is 0 Å². The van der Waals surface area contributed by atoms with Crippen molar-refractivity contribution in [3.63, 3.8) is 0 Å². The average Bonchev–Trinajstić information content (AvgIpc) is 2.35. The number of carbonyl (C=O) groups excluding carboxylic acids is 1. The number of halogens is 3. The maximum absolute atomic E-state index is 11.9. The van der Waals surface area contributed by atoms with E-state index in [0.717, 1.165) is 19.2 Å². The molecule has 0 saturated carbocycles. The topological polar surface area (TPSA) is 59.3 Å². The highest BCUT2D eigenvalue weighted by Gasteiger charge is 2.30. The molecular formula is C12H8F3NO3. The lowest BCUT2D eigenvalue weighted by molar-refractivity contribution is -0.274. The van der Waals surface area contributed by atoms with Gasteiger partial charge in [-0.25, -0.2) is 4.79 Å². The molecule has 0 aromatic heterocycles. The average molecular weight is 271 g/mol. The van der Waals surface area contributed by atoms with Crippen molar-refractivity contribution in [2.45, 2.75) is 6.36 Å². The third kappa shape index (κ3) is 4.71. The normalized spacial score (nSPS) is 11.6. The highest BCUT2D eigenvalue weighted by Crippen LogP contribution is 2.23. The number of rotatable bonds is 3. The molecule has 0 bridgehead atoms. The summed E-state index contributed by atoms with van der Waals surface area (Å²) in [5.41, 5.74) is 0.114. The van der Waals surface area contributed by atoms with Crippen molar-refractivity contribution >= 4 is 12.0 Å². The third-order valence-corrected chi connectivity index (χ3v) is 1.95. The highest BCUT2D eigenvalue weighted by molar-refractivity contribution is 5.97. The second-order valence-corrected chi connectivity index (χ2v) is 3.28. The molecule has 0 aliphatic carbocycles. The fourth-order valence-electron chi connectivity index (χ4n) is 1.18. The van der Waals surface area contributed by atoms with E-state index in [9.17, 15) is 18.0 Å². The molecule has 0 spiro atoms. The first kappa shape index (κ1) is 14.6. The van der Waals surface area contributed by atoms with Crippen LogP contribution in [0.4, 0.5) is 13.2 Å². The second-order valence-electron chi connectivity index (χ2n) is 3.28. The minimum atomic E-state index is -4.76. The monoisotopic (exact) mass is 271 g/mol. The summed E-state index contributed by atoms with van der Waals surface area (Å²) in [7, 11) is 1.12. The largest absolute Gasteiger partial charge is 0.573 e. The molecule has 0 radical (unpaired) electrons. The molecular weight excluding hydrogens is 263 g/mol. The summed E-state index contributed by atoms with van der Waals surface area (Å²) < 4.78 is 43.8. The Balaban J connectivity index is 2.91. The number of nitrogens with zero attached hydrogens (tertiary/aromatic N) is 1. The quantitative estimate of drug-likeness (QED) is 0.481. The molecule has 0 saturated heterocycles. The number of alkyl halides is 3. The van der Waals surface area contributed by atoms with Crippen molar-refractivity contribution in [3.05, 3.63) is 35.4 Å². The van der Waals surface area contributed by atoms with Gasteiger partial charge >= 0.3 is 12.3 Å². The van der Waals surface area contributed by atoms with Crippen molar-refractivity contribution in [3.8, 4) is 11.8 Å². The van der Waals surface area contributed by atoms with Crippen LogP contribution < -0.4 is 4.74 Å². The maximum Gasteiger partial charge on any atom is 0.573 e. The van der Waals surface area contributed by atoms with Crippen molar-refractivity contribution in [1.82, 2.24) is 0 Å². The Kier molecular flexibility index (Phi) is 4.53. The standard InChI is InChI=1S/C12H8F3NO3/c1-18-11(17)9(7-16)6-8-2-4-10(5-3-8)19-12(13,14)15/h2-6H,1H3. The van der Waals surface area contributed by atoms with E-state index in [2.05, 4.69) is 9.47 Å². The number of methoxy groups -OCH3 is 1. The van der Waals surface area contributed by atoms with Crippen molar-refractivity contribution < 1.29 is 27.4 Å². The van der Waals surface area contributed by atoms with Gasteiger partial charge in [-0.1, -0.05) is 12.1 Å². The fourth-order valence-corrected chi connectivity index (χ4v) is 1.18. The first-order valence-corrected chi connectivity index (χ1v) is 4.91. The Morgan fingerprint density at radius 3 is 2.32 bits per heavy atom. The summed E-state index contributed by atoms with van der Waals surface area (Å²) in [6, 6.07) is 6.34. The summed E-state index contributed by atoms with van der Waals surface area (Å²) in [4.78, 5) is 11.1. The van der Waals surface area contributed by atoms with Gasteiger partial charge in [0.25, 0.3) is 0 Å². The van der Waals surface area contributed by atoms with E-state index in [-0.39, 0.29) is 11.3 Å². The molecule has 0 amide bonds. The van der Waals surface area contributed by atoms with Gasteiger partial charge in [0.2, 0.25) is 0 Å². The van der Waals surface area contributed by atoms with Gasteiger partial charge < -0.3 is 9.47 Å². The zero-order valence-corrected chi connectivity index (χ0v) is 9.69. The number of nitriles is 1. The molecule has 0 N–H and O–H groups in total. The molecule has 0 aliphatic rings. The van der Waals surface area contributed by atoms with Crippen LogP contribution in [0.1, 0.15) is 5.56 Å². The van der Waals surface area contributed by atoms with Gasteiger partial charge in [-0.05, 0) is 23.8 Å². The van der Waals surface area contributed by atoms with E-state index < -0.39 is 12.3 Å². The molecule has 1 aromatic rings. The van der Waals surface area contributed by atoms with Crippen LogP contribution in [0, 0.1) is 11.3 Å². The van der Waals surface area contributed by atoms with E-state index in [0.29, 0.717) is 5.56 Å². The maximum atomic E-state index is 11.9. The van der Waals surface area contributed by atoms with Gasteiger partial charge in [0, 0.05) is 0 Å². The smallest absolute Gasteiger partial charge is 0.465 e. The molecule has 19 heavy (non-hydrogen) atoms. The van der Waals surface area contributed by atoms with Crippen LogP contribution in [0.15, 0.2) is 29.8 Å². The number of hydrogen-bond acceptors (Lipinski definition) is 4. The van der Waals surface area contributed by atoms with E-state index >= 15 is 0 Å². The summed E-state index contributed by atoms with van der Waals surface area (Å²) in [5, 5.41) is 8.70. The van der Waals surface area contributed by atoms with Crippen LogP contribution >= 0.6 is 0 Å². The van der Waals surface area contributed by atoms with Crippen LogP contribution in [0.5, 0.6) is 5.75 Å². The van der Waals surface area contributed by atoms with Crippen molar-refractivity contribution in [1.29, 1.82) is 5.26 Å². The number of hydrogen-bond donors (Lipinski definition) is 0. The summed E-state index contributed by atoms with van der Waals surface area (Å²) in [6.07, 6.45) is -3.57. The molecule has 0 aliphatic heterocycles. The lowest BCUT2D eigenvalue weighted by atomic mass is 10.1. The van der Waals surface area contributed by atoms with Gasteiger partial charge in [0.15, 0.2) is 0 Å². The molecule has 4 nitrogen and oxygen atoms in total. The SMILES string of the molecule is COC(=O)C(C#N)=Cc1ccc(OC(F)(F)F)cc1. The Labute approximate surface area is 106 Å². The van der Waals surface area contributed by atoms with Crippen LogP contribution in [0.2, 0.25) is 0 Å². The first-order chi connectivity index (χ1) is 8.85. The van der Waals surface area contributed by atoms with Crippen molar-refractivity contribution in [2.24, 2.45) is 0 Å². The molecule has 0 unspecified atom stereocenters. The molecule has 100 valence electrons. The van der Waals surface area contributed by atoms with Gasteiger partial charge in [-0.2, -0.15) is 5.26 Å². The Hall–Kier alpha value is -2.49. The summed E-state index contributed by atoms with van der Waals surface area (Å²) in [5.74, 6) is -1.21. The summed E-state index contributed by atoms with van der Waals surface area (Å²) in [6.45, 7) is 0. The van der Waals surface area contributed by atoms with Gasteiger partial charge in [0.05, 0.1) is 7.11 Å². The van der Waals surface area contributed by atoms with Gasteiger partial charge in [-0.3, -0.25) is 0 Å². The Morgan fingerprint density at radius 1 is 1.32 bits per heavy atom. The molecule has 7 heteroatoms. The fraction of sp³-hybridized carbons (Fsp3) is 0.167. The lowest BCUT2D eigenvalue weighted by Gasteiger charge is -2.08. The Bertz CT molecular complexity index is 527. The lowest BCUT2D eigenvalue weighted by Crippen LogP contribution is -2.16. The Morgan fingerprint density at radius 2 is 1.89 bits per heavy atom. The van der Waals surface area contributed by atoms with Gasteiger partial charge in [-0.15, -0.1) is 13.2 Å². The first-order valence-electron chi connectivity index (χ1n) is 4.91. The van der Waals surface area contributed by atoms with Crippen LogP contribution in [-0.4, -0.2) is 19.4 Å². The zero-order chi connectivity index (χ0) is 14.5. The number of esters is 1. The minimum Gasteiger partial charge on any atom is -0.465 e. The molecule has 0 fully saturated rings. The molecule has 0 atom stereocenters. The number of benzene rings is 1. The zero-order valence-electron chi connectivity index (χ0n) is 9.69. The molecule has 1 aromatic carbocycles. The number of ether oxygens (including phenoxy) is 2. The third-order valence-electron chi connectivity index (χ3n) is 1.95. The van der Waals surface area contributed by atoms with Crippen LogP contribution in [-0.2, 0) is 9.53 Å². The van der Waals surface area contributed by atoms with Gasteiger partial charge in [0.1, 0.15) is 17.4 Å². The molecule has 1 rings (SSSR count). The minimum absolute atomic E-state index is 0.257. The second kappa shape index (κ2) is 5.91. The summed E-state index contributed by atoms with van der Waals surface area (Å²) >= 11 is 0. The van der Waals surface area contributed by atoms with E-state index in [1.54, 1.807) is 6.07 Å². The van der Waals surface area contributed by atoms with Crippen molar-refractivity contribution in [2.75, 3.05) is 7.11 Å². The van der Waals surface area contributed by atoms with E-state index in [1.807, 2.05) is 0 Å². The highest BCUT2D eigenvalue weighted by atomic mass is 19.4. The van der Waals surface area contributed by atoms with E-state index in [4.69, 9.17) is 5.26 Å². The predicted octanol–water partition coefficient (Wildman–Crippen LogP) is 2.67. The molecule has 0 heterocycles. The van der Waals surface area contributed by atoms with Crippen LogP contribution in [0.25, 0.3) is 6.08 Å². The van der Waals surface area contributed by atoms with E-state index in [1.165, 1.54) is 18.2 Å². The predicted molar refractivity (Wildman–Crippen MR) is 58.7 cm³/mol.